The number of carbonyl (C=O) groups excluding carboxylic acids is 2. The minimum absolute atomic E-state index is 0.0587. The maximum Gasteiger partial charge on any atom is 0.296 e. The molecule has 5 nitrogen and oxygen atoms in total. The van der Waals surface area contributed by atoms with Gasteiger partial charge in [0.05, 0.1) is 26.2 Å². The summed E-state index contributed by atoms with van der Waals surface area (Å²) in [4.78, 5) is 34.0. The number of aromatic nitrogens is 1. The van der Waals surface area contributed by atoms with Gasteiger partial charge in [-0.15, -0.1) is 11.3 Å². The van der Waals surface area contributed by atoms with E-state index in [4.69, 9.17) is 11.6 Å². The van der Waals surface area contributed by atoms with Gasteiger partial charge in [-0.1, -0.05) is 59.3 Å². The van der Waals surface area contributed by atoms with Crippen LogP contribution >= 0.6 is 34.3 Å². The van der Waals surface area contributed by atoms with Crippen molar-refractivity contribution in [3.05, 3.63) is 92.3 Å². The van der Waals surface area contributed by atoms with Crippen molar-refractivity contribution in [2.75, 3.05) is 4.90 Å². The maximum absolute atomic E-state index is 13.4. The molecule has 0 spiro atoms. The number of ketones is 1. The highest BCUT2D eigenvalue weighted by atomic mass is 35.5. The fraction of sp³-hybridized carbons (Fsp3) is 0.0870. The van der Waals surface area contributed by atoms with Crippen LogP contribution in [0.25, 0.3) is 10.2 Å². The van der Waals surface area contributed by atoms with Crippen LogP contribution in [0, 0.1) is 6.92 Å². The highest BCUT2D eigenvalue weighted by molar-refractivity contribution is 7.22. The highest BCUT2D eigenvalue weighted by Gasteiger charge is 2.46. The molecule has 8 heteroatoms. The van der Waals surface area contributed by atoms with Crippen LogP contribution in [0.5, 0.6) is 0 Å². The molecule has 1 aliphatic rings. The first-order valence-corrected chi connectivity index (χ1v) is 11.4. The van der Waals surface area contributed by atoms with Gasteiger partial charge < -0.3 is 5.11 Å². The number of thiophene rings is 1. The topological polar surface area (TPSA) is 70.5 Å². The first-order valence-electron chi connectivity index (χ1n) is 9.43. The summed E-state index contributed by atoms with van der Waals surface area (Å²) in [6.45, 7) is 1.90. The van der Waals surface area contributed by atoms with E-state index in [9.17, 15) is 14.7 Å². The van der Waals surface area contributed by atoms with E-state index >= 15 is 0 Å². The van der Waals surface area contributed by atoms with E-state index in [1.807, 2.05) is 55.5 Å². The van der Waals surface area contributed by atoms with E-state index in [1.165, 1.54) is 27.6 Å². The standard InChI is InChI=1S/C23H15ClN2O3S2/c1-12-10-11-16(30-12)20(27)17-19(13-6-3-2-4-7-13)26(22(29)21(17)28)23-25-18-14(24)8-5-9-15(18)31-23/h2-11,19,28H,1H3. The lowest BCUT2D eigenvalue weighted by atomic mass is 9.96. The van der Waals surface area contributed by atoms with E-state index in [1.54, 1.807) is 12.1 Å². The Kier molecular flexibility index (Phi) is 4.89. The molecule has 1 aliphatic heterocycles. The quantitative estimate of drug-likeness (QED) is 0.369. The summed E-state index contributed by atoms with van der Waals surface area (Å²) in [7, 11) is 0. The molecule has 1 N–H and O–H groups in total. The molecule has 154 valence electrons. The SMILES string of the molecule is Cc1ccc(C(=O)C2=C(O)C(=O)N(c3nc4c(Cl)cccc4s3)C2c2ccccc2)s1. The number of fused-ring (bicyclic) bond motifs is 1. The smallest absolute Gasteiger partial charge is 0.296 e. The third kappa shape index (κ3) is 3.26. The molecular weight excluding hydrogens is 452 g/mol. The van der Waals surface area contributed by atoms with Crippen molar-refractivity contribution in [1.29, 1.82) is 0 Å². The predicted octanol–water partition coefficient (Wildman–Crippen LogP) is 6.10. The molecule has 3 heterocycles. The second kappa shape index (κ2) is 7.60. The molecule has 5 rings (SSSR count). The van der Waals surface area contributed by atoms with Crippen LogP contribution in [0.3, 0.4) is 0 Å². The lowest BCUT2D eigenvalue weighted by Crippen LogP contribution is -2.30. The maximum atomic E-state index is 13.4. The average Bonchev–Trinajstić information content (AvgIpc) is 3.46. The number of halogens is 1. The number of hydrogen-bond acceptors (Lipinski definition) is 6. The summed E-state index contributed by atoms with van der Waals surface area (Å²) >= 11 is 8.91. The van der Waals surface area contributed by atoms with Crippen molar-refractivity contribution < 1.29 is 14.7 Å². The van der Waals surface area contributed by atoms with Gasteiger partial charge in [0.15, 0.2) is 10.9 Å². The molecule has 1 atom stereocenters. The number of hydrogen-bond donors (Lipinski definition) is 1. The number of carbonyl (C=O) groups is 2. The Bertz CT molecular complexity index is 1370. The van der Waals surface area contributed by atoms with Crippen LogP contribution in [0.15, 0.2) is 72.0 Å². The highest BCUT2D eigenvalue weighted by Crippen LogP contribution is 2.45. The van der Waals surface area contributed by atoms with Crippen molar-refractivity contribution >= 4 is 61.3 Å². The number of amides is 1. The van der Waals surface area contributed by atoms with Gasteiger partial charge in [0.25, 0.3) is 5.91 Å². The minimum atomic E-state index is -0.789. The fourth-order valence-corrected chi connectivity index (χ4v) is 5.79. The van der Waals surface area contributed by atoms with Crippen molar-refractivity contribution in [1.82, 2.24) is 4.98 Å². The van der Waals surface area contributed by atoms with Crippen molar-refractivity contribution in [2.24, 2.45) is 0 Å². The molecule has 31 heavy (non-hydrogen) atoms. The van der Waals surface area contributed by atoms with Gasteiger partial charge in [0.2, 0.25) is 5.78 Å². The Morgan fingerprint density at radius 3 is 2.52 bits per heavy atom. The second-order valence-corrected chi connectivity index (χ2v) is 9.78. The van der Waals surface area contributed by atoms with Gasteiger partial charge in [0.1, 0.15) is 5.52 Å². The van der Waals surface area contributed by atoms with Crippen molar-refractivity contribution in [3.63, 3.8) is 0 Å². The molecule has 1 amide bonds. The van der Waals surface area contributed by atoms with E-state index < -0.39 is 17.7 Å². The Morgan fingerprint density at radius 1 is 1.06 bits per heavy atom. The second-order valence-electron chi connectivity index (χ2n) is 7.07. The number of benzene rings is 2. The number of aliphatic hydroxyl groups excluding tert-OH is 1. The fourth-order valence-electron chi connectivity index (χ4n) is 3.68. The normalized spacial score (nSPS) is 16.5. The van der Waals surface area contributed by atoms with E-state index in [2.05, 4.69) is 4.98 Å². The summed E-state index contributed by atoms with van der Waals surface area (Å²) in [5.41, 5.74) is 1.35. The number of anilines is 1. The van der Waals surface area contributed by atoms with Gasteiger partial charge in [-0.25, -0.2) is 4.98 Å². The number of nitrogens with zero attached hydrogens (tertiary/aromatic N) is 2. The number of aryl methyl sites for hydroxylation is 1. The summed E-state index contributed by atoms with van der Waals surface area (Å²) in [6, 6.07) is 17.4. The molecule has 2 aromatic carbocycles. The van der Waals surface area contributed by atoms with E-state index in [0.29, 0.717) is 26.1 Å². The number of aliphatic hydroxyl groups is 1. The molecule has 2 aromatic heterocycles. The first-order chi connectivity index (χ1) is 15.0. The van der Waals surface area contributed by atoms with Gasteiger partial charge in [-0.2, -0.15) is 0 Å². The molecule has 0 radical (unpaired) electrons. The molecule has 0 aliphatic carbocycles. The molecule has 0 fully saturated rings. The third-order valence-electron chi connectivity index (χ3n) is 5.10. The van der Waals surface area contributed by atoms with Crippen LogP contribution < -0.4 is 4.90 Å². The Morgan fingerprint density at radius 2 is 1.84 bits per heavy atom. The Balaban J connectivity index is 1.69. The summed E-state index contributed by atoms with van der Waals surface area (Å²) < 4.78 is 0.815. The lowest BCUT2D eigenvalue weighted by molar-refractivity contribution is -0.117. The monoisotopic (exact) mass is 466 g/mol. The minimum Gasteiger partial charge on any atom is -0.503 e. The van der Waals surface area contributed by atoms with Crippen LogP contribution in [0.1, 0.15) is 26.2 Å². The van der Waals surface area contributed by atoms with Crippen LogP contribution in [0.4, 0.5) is 5.13 Å². The first kappa shape index (κ1) is 19.9. The predicted molar refractivity (Wildman–Crippen MR) is 124 cm³/mol. The molecular formula is C23H15ClN2O3S2. The van der Waals surface area contributed by atoms with Gasteiger partial charge in [-0.05, 0) is 36.8 Å². The zero-order chi connectivity index (χ0) is 21.7. The van der Waals surface area contributed by atoms with Crippen LogP contribution in [0.2, 0.25) is 5.02 Å². The van der Waals surface area contributed by atoms with Crippen molar-refractivity contribution in [2.45, 2.75) is 13.0 Å². The summed E-state index contributed by atoms with van der Waals surface area (Å²) in [6.07, 6.45) is 0. The van der Waals surface area contributed by atoms with Gasteiger partial charge in [0, 0.05) is 4.88 Å². The average molecular weight is 467 g/mol. The van der Waals surface area contributed by atoms with E-state index in [0.717, 1.165) is 9.58 Å². The summed E-state index contributed by atoms with van der Waals surface area (Å²) in [5.74, 6) is -1.56. The van der Waals surface area contributed by atoms with Gasteiger partial charge >= 0.3 is 0 Å². The number of para-hydroxylation sites is 1. The Labute approximate surface area is 190 Å². The van der Waals surface area contributed by atoms with Gasteiger partial charge in [-0.3, -0.25) is 14.5 Å². The van der Waals surface area contributed by atoms with Crippen LogP contribution in [-0.2, 0) is 4.79 Å². The summed E-state index contributed by atoms with van der Waals surface area (Å²) in [5, 5.41) is 11.7. The zero-order valence-electron chi connectivity index (χ0n) is 16.2. The molecule has 0 bridgehead atoms. The molecule has 1 unspecified atom stereocenters. The van der Waals surface area contributed by atoms with Crippen LogP contribution in [-0.4, -0.2) is 21.8 Å². The molecule has 0 saturated carbocycles. The molecule has 4 aromatic rings. The molecule has 0 saturated heterocycles. The third-order valence-corrected chi connectivity index (χ3v) is 7.42. The van der Waals surface area contributed by atoms with E-state index in [-0.39, 0.29) is 11.4 Å². The number of rotatable bonds is 4. The lowest BCUT2D eigenvalue weighted by Gasteiger charge is -2.24. The number of thiazole rings is 1. The zero-order valence-corrected chi connectivity index (χ0v) is 18.6. The van der Waals surface area contributed by atoms with Crippen molar-refractivity contribution in [3.8, 4) is 0 Å². The Hall–Kier alpha value is -3.00. The number of Topliss-reactive ketones (excluding diaryl/α,β-unsaturated/α-hetero) is 1. The largest absolute Gasteiger partial charge is 0.503 e.